The summed E-state index contributed by atoms with van der Waals surface area (Å²) in [6, 6.07) is 0.363. The van der Waals surface area contributed by atoms with E-state index in [4.69, 9.17) is 5.73 Å². The summed E-state index contributed by atoms with van der Waals surface area (Å²) < 4.78 is 2.13. The fourth-order valence-corrected chi connectivity index (χ4v) is 2.27. The number of imidazole rings is 1. The van der Waals surface area contributed by atoms with E-state index in [9.17, 15) is 0 Å². The SMILES string of the molecule is CC1CCN(CCCn2ccnc2)CC1N. The van der Waals surface area contributed by atoms with Crippen LogP contribution < -0.4 is 5.73 Å². The average molecular weight is 222 g/mol. The molecule has 1 aromatic heterocycles. The Bertz CT molecular complexity index is 296. The molecule has 0 radical (unpaired) electrons. The normalized spacial score (nSPS) is 27.1. The molecule has 0 saturated carbocycles. The predicted octanol–water partition coefficient (Wildman–Crippen LogP) is 0.942. The maximum atomic E-state index is 6.08. The fraction of sp³-hybridized carbons (Fsp3) is 0.750. The van der Waals surface area contributed by atoms with E-state index in [-0.39, 0.29) is 0 Å². The van der Waals surface area contributed by atoms with Crippen molar-refractivity contribution >= 4 is 0 Å². The lowest BCUT2D eigenvalue weighted by molar-refractivity contribution is 0.165. The molecule has 2 rings (SSSR count). The lowest BCUT2D eigenvalue weighted by atomic mass is 9.94. The fourth-order valence-electron chi connectivity index (χ4n) is 2.27. The van der Waals surface area contributed by atoms with Crippen molar-refractivity contribution in [2.45, 2.75) is 32.4 Å². The van der Waals surface area contributed by atoms with Gasteiger partial charge in [-0.2, -0.15) is 0 Å². The highest BCUT2D eigenvalue weighted by Crippen LogP contribution is 2.15. The first-order chi connectivity index (χ1) is 7.75. The zero-order valence-electron chi connectivity index (χ0n) is 10.0. The van der Waals surface area contributed by atoms with E-state index in [0.29, 0.717) is 12.0 Å². The quantitative estimate of drug-likeness (QED) is 0.825. The van der Waals surface area contributed by atoms with Crippen LogP contribution in [0, 0.1) is 5.92 Å². The second-order valence-electron chi connectivity index (χ2n) is 4.88. The van der Waals surface area contributed by atoms with E-state index in [2.05, 4.69) is 21.4 Å². The van der Waals surface area contributed by atoms with Crippen LogP contribution in [-0.4, -0.2) is 40.1 Å². The molecule has 2 heterocycles. The summed E-state index contributed by atoms with van der Waals surface area (Å²) in [6.07, 6.45) is 8.15. The zero-order valence-corrected chi connectivity index (χ0v) is 10.0. The van der Waals surface area contributed by atoms with E-state index in [1.54, 1.807) is 0 Å². The molecule has 1 aromatic rings. The third-order valence-electron chi connectivity index (χ3n) is 3.55. The van der Waals surface area contributed by atoms with Crippen molar-refractivity contribution in [2.24, 2.45) is 11.7 Å². The summed E-state index contributed by atoms with van der Waals surface area (Å²) >= 11 is 0. The molecule has 2 atom stereocenters. The van der Waals surface area contributed by atoms with Crippen molar-refractivity contribution in [1.29, 1.82) is 0 Å². The van der Waals surface area contributed by atoms with E-state index in [1.807, 2.05) is 18.7 Å². The molecule has 4 heteroatoms. The van der Waals surface area contributed by atoms with Crippen LogP contribution in [0.1, 0.15) is 19.8 Å². The Kier molecular flexibility index (Phi) is 3.96. The first kappa shape index (κ1) is 11.6. The van der Waals surface area contributed by atoms with Crippen molar-refractivity contribution in [1.82, 2.24) is 14.5 Å². The number of likely N-dealkylation sites (tertiary alicyclic amines) is 1. The van der Waals surface area contributed by atoms with Crippen molar-refractivity contribution in [3.8, 4) is 0 Å². The summed E-state index contributed by atoms with van der Waals surface area (Å²) in [6.45, 7) is 6.73. The van der Waals surface area contributed by atoms with Gasteiger partial charge >= 0.3 is 0 Å². The summed E-state index contributed by atoms with van der Waals surface area (Å²) in [5, 5.41) is 0. The van der Waals surface area contributed by atoms with Crippen LogP contribution in [0.25, 0.3) is 0 Å². The van der Waals surface area contributed by atoms with Crippen LogP contribution in [-0.2, 0) is 6.54 Å². The number of hydrogen-bond donors (Lipinski definition) is 1. The van der Waals surface area contributed by atoms with Gasteiger partial charge in [-0.05, 0) is 31.8 Å². The van der Waals surface area contributed by atoms with Gasteiger partial charge in [-0.1, -0.05) is 6.92 Å². The Morgan fingerprint density at radius 3 is 3.00 bits per heavy atom. The molecule has 1 fully saturated rings. The highest BCUT2D eigenvalue weighted by molar-refractivity contribution is 4.80. The van der Waals surface area contributed by atoms with Gasteiger partial charge in [-0.3, -0.25) is 0 Å². The molecule has 2 N–H and O–H groups in total. The Morgan fingerprint density at radius 2 is 2.31 bits per heavy atom. The summed E-state index contributed by atoms with van der Waals surface area (Å²) in [7, 11) is 0. The summed E-state index contributed by atoms with van der Waals surface area (Å²) in [4.78, 5) is 6.53. The zero-order chi connectivity index (χ0) is 11.4. The highest BCUT2D eigenvalue weighted by Gasteiger charge is 2.22. The van der Waals surface area contributed by atoms with Crippen LogP contribution in [0.4, 0.5) is 0 Å². The molecule has 0 aliphatic carbocycles. The lowest BCUT2D eigenvalue weighted by Gasteiger charge is -2.35. The average Bonchev–Trinajstić information content (AvgIpc) is 2.76. The van der Waals surface area contributed by atoms with E-state index in [0.717, 1.165) is 19.6 Å². The lowest BCUT2D eigenvalue weighted by Crippen LogP contribution is -2.47. The van der Waals surface area contributed by atoms with Gasteiger partial charge in [0.05, 0.1) is 6.33 Å². The van der Waals surface area contributed by atoms with Gasteiger partial charge in [0.25, 0.3) is 0 Å². The standard InChI is InChI=1S/C12H22N4/c1-11-3-7-15(9-12(11)13)5-2-6-16-8-4-14-10-16/h4,8,10-12H,2-3,5-7,9,13H2,1H3. The maximum Gasteiger partial charge on any atom is 0.0945 e. The first-order valence-corrected chi connectivity index (χ1v) is 6.19. The number of hydrogen-bond acceptors (Lipinski definition) is 3. The summed E-state index contributed by atoms with van der Waals surface area (Å²) in [5.41, 5.74) is 6.08. The Morgan fingerprint density at radius 1 is 1.44 bits per heavy atom. The topological polar surface area (TPSA) is 47.1 Å². The number of nitrogens with two attached hydrogens (primary N) is 1. The van der Waals surface area contributed by atoms with Gasteiger partial charge in [0, 0.05) is 31.5 Å². The number of piperidine rings is 1. The third kappa shape index (κ3) is 3.06. The molecule has 2 unspecified atom stereocenters. The molecule has 0 bridgehead atoms. The van der Waals surface area contributed by atoms with Gasteiger partial charge in [0.1, 0.15) is 0 Å². The third-order valence-corrected chi connectivity index (χ3v) is 3.55. The molecule has 0 amide bonds. The number of rotatable bonds is 4. The van der Waals surface area contributed by atoms with E-state index in [1.165, 1.54) is 19.4 Å². The van der Waals surface area contributed by atoms with Crippen LogP contribution in [0.2, 0.25) is 0 Å². The molecule has 1 saturated heterocycles. The minimum absolute atomic E-state index is 0.363. The van der Waals surface area contributed by atoms with Gasteiger partial charge in [-0.25, -0.2) is 4.98 Å². The molecule has 0 aromatic carbocycles. The predicted molar refractivity (Wildman–Crippen MR) is 65.0 cm³/mol. The number of aryl methyl sites for hydroxylation is 1. The molecule has 16 heavy (non-hydrogen) atoms. The van der Waals surface area contributed by atoms with Crippen molar-refractivity contribution in [3.05, 3.63) is 18.7 Å². The number of nitrogens with zero attached hydrogens (tertiary/aromatic N) is 3. The Balaban J connectivity index is 1.67. The van der Waals surface area contributed by atoms with Gasteiger partial charge in [0.2, 0.25) is 0 Å². The minimum atomic E-state index is 0.363. The smallest absolute Gasteiger partial charge is 0.0945 e. The maximum absolute atomic E-state index is 6.08. The van der Waals surface area contributed by atoms with E-state index < -0.39 is 0 Å². The van der Waals surface area contributed by atoms with Crippen LogP contribution in [0.5, 0.6) is 0 Å². The summed E-state index contributed by atoms with van der Waals surface area (Å²) in [5.74, 6) is 0.685. The molecular weight excluding hydrogens is 200 g/mol. The minimum Gasteiger partial charge on any atom is -0.337 e. The Hall–Kier alpha value is -0.870. The highest BCUT2D eigenvalue weighted by atomic mass is 15.1. The molecular formula is C12H22N4. The molecule has 90 valence electrons. The second-order valence-corrected chi connectivity index (χ2v) is 4.88. The monoisotopic (exact) mass is 222 g/mol. The van der Waals surface area contributed by atoms with Crippen LogP contribution in [0.15, 0.2) is 18.7 Å². The second kappa shape index (κ2) is 5.46. The van der Waals surface area contributed by atoms with Gasteiger partial charge in [-0.15, -0.1) is 0 Å². The van der Waals surface area contributed by atoms with Crippen LogP contribution >= 0.6 is 0 Å². The molecule has 1 aliphatic rings. The molecule has 0 spiro atoms. The van der Waals surface area contributed by atoms with Gasteiger partial charge < -0.3 is 15.2 Å². The van der Waals surface area contributed by atoms with Crippen LogP contribution in [0.3, 0.4) is 0 Å². The Labute approximate surface area is 97.4 Å². The van der Waals surface area contributed by atoms with Crippen molar-refractivity contribution in [2.75, 3.05) is 19.6 Å². The van der Waals surface area contributed by atoms with Gasteiger partial charge in [0.15, 0.2) is 0 Å². The van der Waals surface area contributed by atoms with Crippen molar-refractivity contribution < 1.29 is 0 Å². The first-order valence-electron chi connectivity index (χ1n) is 6.19. The van der Waals surface area contributed by atoms with E-state index >= 15 is 0 Å². The number of aromatic nitrogens is 2. The largest absolute Gasteiger partial charge is 0.337 e. The van der Waals surface area contributed by atoms with Crippen molar-refractivity contribution in [3.63, 3.8) is 0 Å². The molecule has 1 aliphatic heterocycles. The molecule has 4 nitrogen and oxygen atoms in total.